The number of hydrogen-bond donors (Lipinski definition) is 0. The molecular formula is C21H38OSi. The maximum Gasteiger partial charge on any atom is 0.272 e. The standard InChI is InChI=1S/C21H38OSi/c1-10-11-12-13-14-15-21(8,9)16-17-22-23(18(2)3,19(4)5)20(6)7/h18-20H,10-12,15H2,1-9H3. The highest BCUT2D eigenvalue weighted by atomic mass is 28.4. The molecule has 132 valence electrons. The summed E-state index contributed by atoms with van der Waals surface area (Å²) in [5.41, 5.74) is 1.58. The van der Waals surface area contributed by atoms with Crippen LogP contribution in [0.4, 0.5) is 0 Å². The molecule has 0 spiro atoms. The monoisotopic (exact) mass is 334 g/mol. The van der Waals surface area contributed by atoms with Crippen LogP contribution in [-0.2, 0) is 4.43 Å². The predicted molar refractivity (Wildman–Crippen MR) is 106 cm³/mol. The highest BCUT2D eigenvalue weighted by molar-refractivity contribution is 6.77. The van der Waals surface area contributed by atoms with Crippen molar-refractivity contribution in [3.63, 3.8) is 0 Å². The Morgan fingerprint density at radius 1 is 0.913 bits per heavy atom. The first-order valence-electron chi connectivity index (χ1n) is 9.26. The van der Waals surface area contributed by atoms with Crippen LogP contribution in [0.15, 0.2) is 0 Å². The van der Waals surface area contributed by atoms with Crippen molar-refractivity contribution < 1.29 is 4.43 Å². The Kier molecular flexibility index (Phi) is 9.72. The first-order chi connectivity index (χ1) is 10.6. The zero-order chi connectivity index (χ0) is 18.1. The quantitative estimate of drug-likeness (QED) is 0.284. The third-order valence-corrected chi connectivity index (χ3v) is 10.5. The topological polar surface area (TPSA) is 9.23 Å². The predicted octanol–water partition coefficient (Wildman–Crippen LogP) is 6.75. The van der Waals surface area contributed by atoms with E-state index in [4.69, 9.17) is 4.43 Å². The second-order valence-corrected chi connectivity index (χ2v) is 13.5. The van der Waals surface area contributed by atoms with Crippen LogP contribution in [0, 0.1) is 29.3 Å². The highest BCUT2D eigenvalue weighted by Crippen LogP contribution is 2.42. The lowest BCUT2D eigenvalue weighted by Crippen LogP contribution is -2.46. The zero-order valence-electron chi connectivity index (χ0n) is 17.0. The lowest BCUT2D eigenvalue weighted by atomic mass is 9.91. The summed E-state index contributed by atoms with van der Waals surface area (Å²) < 4.78 is 6.32. The molecule has 0 amide bonds. The van der Waals surface area contributed by atoms with Crippen molar-refractivity contribution in [1.82, 2.24) is 0 Å². The molecule has 0 aliphatic rings. The third kappa shape index (κ3) is 7.05. The molecule has 0 aliphatic heterocycles. The van der Waals surface area contributed by atoms with Crippen molar-refractivity contribution in [1.29, 1.82) is 0 Å². The van der Waals surface area contributed by atoms with Gasteiger partial charge in [0.15, 0.2) is 0 Å². The Morgan fingerprint density at radius 2 is 1.43 bits per heavy atom. The molecule has 0 radical (unpaired) electrons. The maximum absolute atomic E-state index is 6.32. The second kappa shape index (κ2) is 10.1. The largest absolute Gasteiger partial charge is 0.500 e. The van der Waals surface area contributed by atoms with Crippen LogP contribution in [0.3, 0.4) is 0 Å². The summed E-state index contributed by atoms with van der Waals surface area (Å²) in [6, 6.07) is 0. The van der Waals surface area contributed by atoms with E-state index in [1.165, 1.54) is 12.8 Å². The molecule has 0 saturated heterocycles. The smallest absolute Gasteiger partial charge is 0.272 e. The van der Waals surface area contributed by atoms with E-state index >= 15 is 0 Å². The van der Waals surface area contributed by atoms with Crippen molar-refractivity contribution in [3.05, 3.63) is 0 Å². The Morgan fingerprint density at radius 3 is 1.87 bits per heavy atom. The molecule has 1 nitrogen and oxygen atoms in total. The summed E-state index contributed by atoms with van der Waals surface area (Å²) in [7, 11) is -1.89. The second-order valence-electron chi connectivity index (χ2n) is 8.16. The Labute approximate surface area is 147 Å². The van der Waals surface area contributed by atoms with E-state index in [1.54, 1.807) is 0 Å². The molecule has 0 fully saturated rings. The van der Waals surface area contributed by atoms with Gasteiger partial charge < -0.3 is 4.43 Å². The molecular weight excluding hydrogens is 296 g/mol. The first-order valence-corrected chi connectivity index (χ1v) is 11.4. The lowest BCUT2D eigenvalue weighted by molar-refractivity contribution is 0.438. The van der Waals surface area contributed by atoms with Crippen LogP contribution < -0.4 is 0 Å². The van der Waals surface area contributed by atoms with Crippen molar-refractivity contribution >= 4 is 8.32 Å². The number of rotatable bonds is 7. The zero-order valence-corrected chi connectivity index (χ0v) is 18.0. The Balaban J connectivity index is 4.97. The van der Waals surface area contributed by atoms with Crippen molar-refractivity contribution in [3.8, 4) is 23.9 Å². The molecule has 0 unspecified atom stereocenters. The molecule has 0 heterocycles. The van der Waals surface area contributed by atoms with Gasteiger partial charge in [-0.3, -0.25) is 0 Å². The first kappa shape index (κ1) is 22.1. The molecule has 23 heavy (non-hydrogen) atoms. The molecule has 0 saturated carbocycles. The Bertz CT molecular complexity index is 430. The molecule has 0 atom stereocenters. The molecule has 0 aromatic heterocycles. The molecule has 0 aromatic carbocycles. The van der Waals surface area contributed by atoms with E-state index in [2.05, 4.69) is 86.2 Å². The molecule has 0 N–H and O–H groups in total. The molecule has 2 heteroatoms. The molecule has 0 rings (SSSR count). The van der Waals surface area contributed by atoms with E-state index in [1.807, 2.05) is 0 Å². The van der Waals surface area contributed by atoms with E-state index in [9.17, 15) is 0 Å². The van der Waals surface area contributed by atoms with E-state index < -0.39 is 8.32 Å². The maximum atomic E-state index is 6.32. The summed E-state index contributed by atoms with van der Waals surface area (Å²) in [5, 5.41) is 0. The summed E-state index contributed by atoms with van der Waals surface area (Å²) in [5.74, 6) is 9.86. The average Bonchev–Trinajstić information content (AvgIpc) is 2.42. The molecule has 0 bridgehead atoms. The van der Waals surface area contributed by atoms with Gasteiger partial charge in [-0.2, -0.15) is 0 Å². The van der Waals surface area contributed by atoms with Crippen molar-refractivity contribution in [2.75, 3.05) is 0 Å². The fourth-order valence-corrected chi connectivity index (χ4v) is 8.22. The average molecular weight is 335 g/mol. The fraction of sp³-hybridized carbons (Fsp3) is 0.810. The lowest BCUT2D eigenvalue weighted by Gasteiger charge is -2.39. The minimum absolute atomic E-state index is 0.107. The number of unbranched alkanes of at least 4 members (excludes halogenated alkanes) is 2. The summed E-state index contributed by atoms with van der Waals surface area (Å²) >= 11 is 0. The third-order valence-electron chi connectivity index (χ3n) is 4.63. The van der Waals surface area contributed by atoms with Crippen LogP contribution >= 0.6 is 0 Å². The fourth-order valence-electron chi connectivity index (χ4n) is 3.29. The summed E-state index contributed by atoms with van der Waals surface area (Å²) in [4.78, 5) is 0. The summed E-state index contributed by atoms with van der Waals surface area (Å²) in [6.07, 6.45) is 7.31. The van der Waals surface area contributed by atoms with E-state index in [-0.39, 0.29) is 5.41 Å². The van der Waals surface area contributed by atoms with Crippen molar-refractivity contribution in [2.45, 2.75) is 105 Å². The molecule has 0 aliphatic carbocycles. The number of hydrogen-bond acceptors (Lipinski definition) is 1. The van der Waals surface area contributed by atoms with Gasteiger partial charge in [-0.05, 0) is 36.9 Å². The Hall–Kier alpha value is -0.863. The van der Waals surface area contributed by atoms with Crippen molar-refractivity contribution in [2.24, 2.45) is 5.41 Å². The normalized spacial score (nSPS) is 12.0. The van der Waals surface area contributed by atoms with Crippen LogP contribution in [0.25, 0.3) is 0 Å². The van der Waals surface area contributed by atoms with E-state index in [0.29, 0.717) is 16.6 Å². The highest BCUT2D eigenvalue weighted by Gasteiger charge is 2.46. The summed E-state index contributed by atoms with van der Waals surface area (Å²) in [6.45, 7) is 20.2. The van der Waals surface area contributed by atoms with Gasteiger partial charge in [0.2, 0.25) is 0 Å². The SMILES string of the molecule is CCCCC#CCC(C)(C)C#CO[Si](C(C)C)(C(C)C)C(C)C. The van der Waals surface area contributed by atoms with Gasteiger partial charge in [-0.15, -0.1) is 11.8 Å². The van der Waals surface area contributed by atoms with Gasteiger partial charge in [0, 0.05) is 18.3 Å². The van der Waals surface area contributed by atoms with Gasteiger partial charge in [-0.25, -0.2) is 0 Å². The van der Waals surface area contributed by atoms with Gasteiger partial charge in [0.1, 0.15) is 0 Å². The van der Waals surface area contributed by atoms with Crippen LogP contribution in [0.1, 0.15) is 88.0 Å². The van der Waals surface area contributed by atoms with Crippen LogP contribution in [0.5, 0.6) is 0 Å². The van der Waals surface area contributed by atoms with Gasteiger partial charge in [0.25, 0.3) is 8.32 Å². The van der Waals surface area contributed by atoms with Gasteiger partial charge in [-0.1, -0.05) is 60.8 Å². The van der Waals surface area contributed by atoms with Crippen LogP contribution in [0.2, 0.25) is 16.6 Å². The van der Waals surface area contributed by atoms with E-state index in [0.717, 1.165) is 12.8 Å². The molecule has 0 aromatic rings. The van der Waals surface area contributed by atoms with Gasteiger partial charge in [0.05, 0.1) is 6.11 Å². The van der Waals surface area contributed by atoms with Crippen LogP contribution in [-0.4, -0.2) is 8.32 Å². The minimum atomic E-state index is -1.89. The van der Waals surface area contributed by atoms with Gasteiger partial charge >= 0.3 is 0 Å². The minimum Gasteiger partial charge on any atom is -0.500 e.